The largest absolute Gasteiger partial charge is 0.480 e. The van der Waals surface area contributed by atoms with Crippen LogP contribution in [0.15, 0.2) is 30.6 Å². The number of carbonyl (C=O) groups excluding carboxylic acids is 1. The summed E-state index contributed by atoms with van der Waals surface area (Å²) in [7, 11) is 0. The number of rotatable bonds is 8. The van der Waals surface area contributed by atoms with Crippen molar-refractivity contribution >= 4 is 34.2 Å². The van der Waals surface area contributed by atoms with Crippen LogP contribution in [0.5, 0.6) is 0 Å². The predicted octanol–water partition coefficient (Wildman–Crippen LogP) is 4.20. The van der Waals surface area contributed by atoms with Crippen molar-refractivity contribution in [1.29, 1.82) is 0 Å². The van der Waals surface area contributed by atoms with Gasteiger partial charge in [0.2, 0.25) is 0 Å². The number of nitrogens with zero attached hydrogens (tertiary/aromatic N) is 6. The number of piperazine rings is 1. The minimum atomic E-state index is -4.87. The van der Waals surface area contributed by atoms with Crippen molar-refractivity contribution in [1.82, 2.24) is 24.8 Å². The molecule has 10 nitrogen and oxygen atoms in total. The van der Waals surface area contributed by atoms with Crippen LogP contribution in [0, 0.1) is 5.82 Å². The molecule has 0 unspecified atom stereocenters. The molecule has 42 heavy (non-hydrogen) atoms. The Kier molecular flexibility index (Phi) is 8.70. The number of carboxylic acids is 1. The fourth-order valence-corrected chi connectivity index (χ4v) is 6.13. The molecule has 0 saturated carbocycles. The first-order valence-corrected chi connectivity index (χ1v) is 14.2. The first kappa shape index (κ1) is 29.8. The maximum Gasteiger partial charge on any atom is 0.419 e. The Hall–Kier alpha value is -3.69. The van der Waals surface area contributed by atoms with Gasteiger partial charge < -0.3 is 10.0 Å². The van der Waals surface area contributed by atoms with E-state index in [1.165, 1.54) is 18.5 Å². The minimum absolute atomic E-state index is 0.0240. The van der Waals surface area contributed by atoms with Gasteiger partial charge in [-0.15, -0.1) is 0 Å². The smallest absolute Gasteiger partial charge is 0.419 e. The maximum atomic E-state index is 14.0. The zero-order chi connectivity index (χ0) is 30.0. The summed E-state index contributed by atoms with van der Waals surface area (Å²) in [4.78, 5) is 43.6. The zero-order valence-electron chi connectivity index (χ0n) is 22.7. The molecular weight excluding hydrogens is 578 g/mol. The molecule has 2 fully saturated rings. The molecule has 1 atom stereocenters. The normalized spacial score (nSPS) is 18.4. The Morgan fingerprint density at radius 1 is 1.12 bits per heavy atom. The molecule has 5 rings (SSSR count). The van der Waals surface area contributed by atoms with Crippen molar-refractivity contribution < 1.29 is 32.3 Å². The molecule has 3 aromatic rings. The van der Waals surface area contributed by atoms with Gasteiger partial charge in [-0.3, -0.25) is 24.7 Å². The molecule has 0 spiro atoms. The van der Waals surface area contributed by atoms with Gasteiger partial charge in [-0.25, -0.2) is 19.3 Å². The SMILES string of the molecule is C[C@@H]1CCCN1Cc1sc(NC(=O)c2cnc(N3CCN(CC(=O)O)CC3)cn2)nc1-c1ccc(F)c(C(F)(F)F)c1. The Balaban J connectivity index is 1.33. The van der Waals surface area contributed by atoms with Crippen molar-refractivity contribution in [2.24, 2.45) is 0 Å². The third-order valence-corrected chi connectivity index (χ3v) is 8.38. The number of benzene rings is 1. The molecule has 224 valence electrons. The second-order valence-corrected chi connectivity index (χ2v) is 11.4. The van der Waals surface area contributed by atoms with Crippen LogP contribution in [0.1, 0.15) is 40.7 Å². The molecule has 0 radical (unpaired) electrons. The minimum Gasteiger partial charge on any atom is -0.480 e. The van der Waals surface area contributed by atoms with Gasteiger partial charge in [0.15, 0.2) is 5.13 Å². The van der Waals surface area contributed by atoms with E-state index in [1.54, 1.807) is 0 Å². The average Bonchev–Trinajstić information content (AvgIpc) is 3.54. The van der Waals surface area contributed by atoms with Gasteiger partial charge in [0.25, 0.3) is 5.91 Å². The summed E-state index contributed by atoms with van der Waals surface area (Å²) in [5.74, 6) is -2.28. The van der Waals surface area contributed by atoms with Crippen LogP contribution < -0.4 is 10.2 Å². The number of amides is 1. The number of aromatic nitrogens is 3. The number of halogens is 4. The summed E-state index contributed by atoms with van der Waals surface area (Å²) in [5, 5.41) is 11.8. The van der Waals surface area contributed by atoms with E-state index in [4.69, 9.17) is 5.11 Å². The number of carboxylic acid groups (broad SMARTS) is 1. The zero-order valence-corrected chi connectivity index (χ0v) is 23.5. The molecule has 1 amide bonds. The van der Waals surface area contributed by atoms with Gasteiger partial charge in [-0.05, 0) is 44.5 Å². The summed E-state index contributed by atoms with van der Waals surface area (Å²) in [6, 6.07) is 3.07. The third kappa shape index (κ3) is 6.85. The highest BCUT2D eigenvalue weighted by molar-refractivity contribution is 7.16. The maximum absolute atomic E-state index is 14.0. The summed E-state index contributed by atoms with van der Waals surface area (Å²) in [6.07, 6.45) is -0.0785. The molecule has 2 aromatic heterocycles. The predicted molar refractivity (Wildman–Crippen MR) is 148 cm³/mol. The van der Waals surface area contributed by atoms with Gasteiger partial charge in [-0.2, -0.15) is 13.2 Å². The number of hydrogen-bond donors (Lipinski definition) is 2. The van der Waals surface area contributed by atoms with Crippen LogP contribution >= 0.6 is 11.3 Å². The lowest BCUT2D eigenvalue weighted by Crippen LogP contribution is -2.48. The van der Waals surface area contributed by atoms with Crippen LogP contribution in [0.2, 0.25) is 0 Å². The van der Waals surface area contributed by atoms with Gasteiger partial charge >= 0.3 is 12.1 Å². The van der Waals surface area contributed by atoms with E-state index < -0.39 is 29.4 Å². The molecule has 4 heterocycles. The van der Waals surface area contributed by atoms with Crippen LogP contribution in [-0.4, -0.2) is 87.0 Å². The fourth-order valence-electron chi connectivity index (χ4n) is 5.13. The lowest BCUT2D eigenvalue weighted by molar-refractivity contribution is -0.140. The van der Waals surface area contributed by atoms with E-state index in [-0.39, 0.29) is 34.7 Å². The molecule has 15 heteroatoms. The average molecular weight is 608 g/mol. The number of alkyl halides is 3. The van der Waals surface area contributed by atoms with Crippen molar-refractivity contribution in [2.45, 2.75) is 38.5 Å². The van der Waals surface area contributed by atoms with E-state index in [9.17, 15) is 27.2 Å². The monoisotopic (exact) mass is 607 g/mol. The lowest BCUT2D eigenvalue weighted by atomic mass is 10.1. The number of carbonyl (C=O) groups is 2. The van der Waals surface area contributed by atoms with E-state index in [0.717, 1.165) is 42.9 Å². The van der Waals surface area contributed by atoms with Gasteiger partial charge in [-0.1, -0.05) is 11.3 Å². The Bertz CT molecular complexity index is 1440. The summed E-state index contributed by atoms with van der Waals surface area (Å²) < 4.78 is 54.3. The Labute approximate surface area is 243 Å². The molecule has 0 aliphatic carbocycles. The van der Waals surface area contributed by atoms with Crippen molar-refractivity contribution in [3.05, 3.63) is 52.5 Å². The third-order valence-electron chi connectivity index (χ3n) is 7.43. The van der Waals surface area contributed by atoms with Crippen LogP contribution in [-0.2, 0) is 17.5 Å². The second-order valence-electron chi connectivity index (χ2n) is 10.3. The second kappa shape index (κ2) is 12.3. The fraction of sp³-hybridized carbons (Fsp3) is 0.444. The Morgan fingerprint density at radius 2 is 1.88 bits per heavy atom. The number of anilines is 2. The topological polar surface area (TPSA) is 115 Å². The van der Waals surface area contributed by atoms with Crippen LogP contribution in [0.3, 0.4) is 0 Å². The molecule has 2 saturated heterocycles. The summed E-state index contributed by atoms with van der Waals surface area (Å²) in [5.41, 5.74) is -0.994. The van der Waals surface area contributed by atoms with E-state index in [1.807, 2.05) is 9.80 Å². The van der Waals surface area contributed by atoms with Crippen molar-refractivity contribution in [2.75, 3.05) is 49.5 Å². The van der Waals surface area contributed by atoms with E-state index in [0.29, 0.717) is 43.4 Å². The van der Waals surface area contributed by atoms with Gasteiger partial charge in [0, 0.05) is 49.2 Å². The summed E-state index contributed by atoms with van der Waals surface area (Å²) in [6.45, 7) is 5.54. The van der Waals surface area contributed by atoms with Gasteiger partial charge in [0.05, 0.1) is 30.2 Å². The molecule has 0 bridgehead atoms. The molecule has 1 aromatic carbocycles. The van der Waals surface area contributed by atoms with Crippen molar-refractivity contribution in [3.8, 4) is 11.3 Å². The van der Waals surface area contributed by atoms with Crippen molar-refractivity contribution in [3.63, 3.8) is 0 Å². The van der Waals surface area contributed by atoms with E-state index in [2.05, 4.69) is 32.1 Å². The highest BCUT2D eigenvalue weighted by atomic mass is 32.1. The van der Waals surface area contributed by atoms with Crippen LogP contribution in [0.4, 0.5) is 28.5 Å². The number of nitrogens with one attached hydrogen (secondary N) is 1. The quantitative estimate of drug-likeness (QED) is 0.364. The summed E-state index contributed by atoms with van der Waals surface area (Å²) >= 11 is 1.15. The number of aliphatic carboxylic acids is 1. The van der Waals surface area contributed by atoms with Crippen LogP contribution in [0.25, 0.3) is 11.3 Å². The molecule has 2 aliphatic rings. The first-order chi connectivity index (χ1) is 20.0. The number of hydrogen-bond acceptors (Lipinski definition) is 9. The lowest BCUT2D eigenvalue weighted by Gasteiger charge is -2.34. The van der Waals surface area contributed by atoms with Gasteiger partial charge in [0.1, 0.15) is 17.3 Å². The van der Waals surface area contributed by atoms with E-state index >= 15 is 0 Å². The molecule has 2 N–H and O–H groups in total. The highest BCUT2D eigenvalue weighted by Gasteiger charge is 2.35. The Morgan fingerprint density at radius 3 is 2.50 bits per heavy atom. The molecule has 2 aliphatic heterocycles. The number of thiazole rings is 1. The highest BCUT2D eigenvalue weighted by Crippen LogP contribution is 2.38. The number of likely N-dealkylation sites (tertiary alicyclic amines) is 1. The first-order valence-electron chi connectivity index (χ1n) is 13.4. The molecular formula is C27H29F4N7O3S. The standard InChI is InChI=1S/C27H29F4N7O3S/c1-16-3-2-6-38(16)14-21-24(17-4-5-19(28)18(11-17)27(29,30)31)34-26(42-21)35-25(41)20-12-33-22(13-32-20)37-9-7-36(8-10-37)15-23(39)40/h4-5,11-13,16H,2-3,6-10,14-15H2,1H3,(H,39,40)(H,34,35,41)/t16-/m1/s1.